The van der Waals surface area contributed by atoms with Gasteiger partial charge in [-0.3, -0.25) is 0 Å². The van der Waals surface area contributed by atoms with Crippen LogP contribution in [0.3, 0.4) is 0 Å². The number of hydrogen-bond acceptors (Lipinski definition) is 11. The Hall–Kier alpha value is -2.57. The lowest BCUT2D eigenvalue weighted by molar-refractivity contribution is 0.122. The number of hydrogen-bond donors (Lipinski definition) is 0. The molecule has 2 aromatic heterocycles. The van der Waals surface area contributed by atoms with Gasteiger partial charge in [-0.1, -0.05) is 16.7 Å². The van der Waals surface area contributed by atoms with Crippen LogP contribution in [0.4, 0.5) is 16.7 Å². The lowest BCUT2D eigenvalue weighted by Gasteiger charge is -2.34. The largest absolute Gasteiger partial charge is 0.416 e. The molecule has 14 heteroatoms. The normalized spacial score (nSPS) is 17.4. The van der Waals surface area contributed by atoms with Gasteiger partial charge in [0.2, 0.25) is 17.2 Å². The molecule has 2 aliphatic rings. The molecule has 12 nitrogen and oxygen atoms in total. The molecule has 0 aliphatic carbocycles. The minimum absolute atomic E-state index is 0.0755. The second-order valence-electron chi connectivity index (χ2n) is 6.23. The fourth-order valence-electron chi connectivity index (χ4n) is 2.93. The van der Waals surface area contributed by atoms with E-state index in [9.17, 15) is 4.79 Å². The van der Waals surface area contributed by atoms with Crippen LogP contribution in [0.5, 0.6) is 5.88 Å². The summed E-state index contributed by atoms with van der Waals surface area (Å²) in [5.41, 5.74) is 0. The summed E-state index contributed by atoms with van der Waals surface area (Å²) in [6.07, 6.45) is 0.695. The molecule has 0 unspecified atom stereocenters. The number of rotatable bonds is 3. The molecule has 0 atom stereocenters. The zero-order chi connectivity index (χ0) is 20.2. The van der Waals surface area contributed by atoms with Crippen LogP contribution < -0.4 is 14.5 Å². The Bertz CT molecular complexity index is 876. The second-order valence-corrected chi connectivity index (χ2v) is 6.98. The summed E-state index contributed by atoms with van der Waals surface area (Å²) in [6.45, 7) is 4.45. The highest BCUT2D eigenvalue weighted by Crippen LogP contribution is 2.21. The quantitative estimate of drug-likeness (QED) is 0.661. The van der Waals surface area contributed by atoms with Crippen molar-refractivity contribution in [2.45, 2.75) is 0 Å². The van der Waals surface area contributed by atoms with E-state index < -0.39 is 6.09 Å². The summed E-state index contributed by atoms with van der Waals surface area (Å²) in [4.78, 5) is 30.8. The monoisotopic (exact) mass is 441 g/mol. The molecule has 0 N–H and O–H groups in total. The maximum Gasteiger partial charge on any atom is 0.416 e. The summed E-state index contributed by atoms with van der Waals surface area (Å²) in [5, 5.41) is 10.8. The van der Waals surface area contributed by atoms with E-state index in [1.54, 1.807) is 4.90 Å². The lowest BCUT2D eigenvalue weighted by atomic mass is 10.3. The molecule has 1 amide bonds. The number of anilines is 2. The summed E-state index contributed by atoms with van der Waals surface area (Å²) in [7, 11) is 0. The van der Waals surface area contributed by atoms with Crippen molar-refractivity contribution in [1.29, 1.82) is 0 Å². The van der Waals surface area contributed by atoms with Gasteiger partial charge >= 0.3 is 6.09 Å². The van der Waals surface area contributed by atoms with Gasteiger partial charge in [-0.05, 0) is 16.8 Å². The SMILES string of the molecule is O=C(Oc1nnncc1Cl)N1CCN(c2nc(Cl)nc(N3CCOCC3)n2)CC1. The molecular formula is C15H17Cl2N9O3. The van der Waals surface area contributed by atoms with Crippen LogP contribution in [-0.4, -0.2) is 93.8 Å². The molecule has 2 fully saturated rings. The molecule has 0 spiro atoms. The highest BCUT2D eigenvalue weighted by atomic mass is 35.5. The van der Waals surface area contributed by atoms with E-state index in [0.717, 1.165) is 0 Å². The molecule has 2 saturated heterocycles. The first kappa shape index (κ1) is 19.7. The third-order valence-electron chi connectivity index (χ3n) is 4.45. The molecular weight excluding hydrogens is 425 g/mol. The van der Waals surface area contributed by atoms with Crippen molar-refractivity contribution in [2.24, 2.45) is 0 Å². The van der Waals surface area contributed by atoms with Crippen LogP contribution in [0.1, 0.15) is 0 Å². The van der Waals surface area contributed by atoms with Gasteiger partial charge in [0.1, 0.15) is 5.02 Å². The van der Waals surface area contributed by atoms with E-state index in [1.807, 2.05) is 9.80 Å². The lowest BCUT2D eigenvalue weighted by Crippen LogP contribution is -2.50. The highest BCUT2D eigenvalue weighted by Gasteiger charge is 2.26. The molecule has 4 rings (SSSR count). The molecule has 0 aromatic carbocycles. The minimum atomic E-state index is -0.560. The maximum atomic E-state index is 12.3. The van der Waals surface area contributed by atoms with Crippen molar-refractivity contribution < 1.29 is 14.3 Å². The van der Waals surface area contributed by atoms with Crippen LogP contribution >= 0.6 is 23.2 Å². The van der Waals surface area contributed by atoms with Crippen LogP contribution in [-0.2, 0) is 4.74 Å². The van der Waals surface area contributed by atoms with Crippen molar-refractivity contribution in [1.82, 2.24) is 35.3 Å². The molecule has 0 saturated carbocycles. The van der Waals surface area contributed by atoms with Crippen molar-refractivity contribution in [3.8, 4) is 5.88 Å². The second kappa shape index (κ2) is 8.84. The number of aromatic nitrogens is 6. The van der Waals surface area contributed by atoms with Gasteiger partial charge in [0.05, 0.1) is 19.4 Å². The third kappa shape index (κ3) is 4.71. The first-order valence-corrected chi connectivity index (χ1v) is 9.65. The first-order chi connectivity index (χ1) is 14.1. The zero-order valence-electron chi connectivity index (χ0n) is 15.2. The predicted molar refractivity (Wildman–Crippen MR) is 103 cm³/mol. The van der Waals surface area contributed by atoms with E-state index in [4.69, 9.17) is 32.7 Å². The van der Waals surface area contributed by atoms with Gasteiger partial charge in [0, 0.05) is 39.3 Å². The van der Waals surface area contributed by atoms with E-state index in [2.05, 4.69) is 30.4 Å². The van der Waals surface area contributed by atoms with Crippen molar-refractivity contribution in [2.75, 3.05) is 62.3 Å². The van der Waals surface area contributed by atoms with Gasteiger partial charge in [-0.25, -0.2) is 4.79 Å². The number of morpholine rings is 1. The number of nitrogens with zero attached hydrogens (tertiary/aromatic N) is 9. The average molecular weight is 442 g/mol. The van der Waals surface area contributed by atoms with Gasteiger partial charge in [-0.2, -0.15) is 15.0 Å². The molecule has 4 heterocycles. The van der Waals surface area contributed by atoms with Gasteiger partial charge < -0.3 is 24.2 Å². The number of amides is 1. The van der Waals surface area contributed by atoms with Crippen molar-refractivity contribution in [3.05, 3.63) is 16.5 Å². The Kier molecular flexibility index (Phi) is 6.02. The number of ether oxygens (including phenoxy) is 2. The smallest absolute Gasteiger partial charge is 0.388 e. The maximum absolute atomic E-state index is 12.3. The topological polar surface area (TPSA) is 123 Å². The fourth-order valence-corrected chi connectivity index (χ4v) is 3.20. The van der Waals surface area contributed by atoms with E-state index >= 15 is 0 Å². The van der Waals surface area contributed by atoms with Crippen LogP contribution in [0.25, 0.3) is 0 Å². The zero-order valence-corrected chi connectivity index (χ0v) is 16.8. The Morgan fingerprint density at radius 3 is 2.28 bits per heavy atom. The number of carbonyl (C=O) groups is 1. The number of halogens is 2. The summed E-state index contributed by atoms with van der Waals surface area (Å²) in [6, 6.07) is 0. The third-order valence-corrected chi connectivity index (χ3v) is 4.87. The summed E-state index contributed by atoms with van der Waals surface area (Å²) < 4.78 is 10.5. The van der Waals surface area contributed by atoms with Crippen molar-refractivity contribution in [3.63, 3.8) is 0 Å². The molecule has 2 aromatic rings. The van der Waals surface area contributed by atoms with E-state index in [1.165, 1.54) is 6.20 Å². The first-order valence-electron chi connectivity index (χ1n) is 8.90. The number of carbonyl (C=O) groups excluding carboxylic acids is 1. The Labute approximate surface area is 175 Å². The van der Waals surface area contributed by atoms with Crippen LogP contribution in [0.15, 0.2) is 6.20 Å². The van der Waals surface area contributed by atoms with E-state index in [-0.39, 0.29) is 16.2 Å². The van der Waals surface area contributed by atoms with Crippen LogP contribution in [0.2, 0.25) is 10.3 Å². The molecule has 0 radical (unpaired) electrons. The summed E-state index contributed by atoms with van der Waals surface area (Å²) >= 11 is 12.0. The minimum Gasteiger partial charge on any atom is -0.388 e. The van der Waals surface area contributed by atoms with Gasteiger partial charge in [-0.15, -0.1) is 5.10 Å². The average Bonchev–Trinajstić information content (AvgIpc) is 2.75. The Balaban J connectivity index is 1.38. The van der Waals surface area contributed by atoms with E-state index in [0.29, 0.717) is 64.4 Å². The Morgan fingerprint density at radius 2 is 1.62 bits per heavy atom. The standard InChI is InChI=1S/C15H17Cl2N9O3/c16-10-9-18-23-22-11(10)29-15(27)26-3-1-24(2-4-26)13-19-12(17)20-14(21-13)25-5-7-28-8-6-25/h9H,1-8H2. The number of piperazine rings is 1. The predicted octanol–water partition coefficient (Wildman–Crippen LogP) is 0.521. The fraction of sp³-hybridized carbons (Fsp3) is 0.533. The highest BCUT2D eigenvalue weighted by molar-refractivity contribution is 6.31. The molecule has 29 heavy (non-hydrogen) atoms. The molecule has 0 bridgehead atoms. The molecule has 2 aliphatic heterocycles. The van der Waals surface area contributed by atoms with Crippen molar-refractivity contribution >= 4 is 41.2 Å². The van der Waals surface area contributed by atoms with Gasteiger partial charge in [0.15, 0.2) is 0 Å². The van der Waals surface area contributed by atoms with Crippen LogP contribution in [0, 0.1) is 0 Å². The Morgan fingerprint density at radius 1 is 0.966 bits per heavy atom. The molecule has 154 valence electrons. The summed E-state index contributed by atoms with van der Waals surface area (Å²) in [5.74, 6) is 0.923. The van der Waals surface area contributed by atoms with Gasteiger partial charge in [0.25, 0.3) is 5.88 Å².